The van der Waals surface area contributed by atoms with Crippen LogP contribution in [-0.2, 0) is 19.6 Å². The standard InChI is InChI=1S/C17H16N2O5S/c20-16-11-10-15(17(21)18-16)19-25(22,23)14-8-6-13(7-9-14)24-12-4-2-1-3-5-12/h1-9,15,19H,10-11H2,(H,18,20,21). The first kappa shape index (κ1) is 17.1. The van der Waals surface area contributed by atoms with Gasteiger partial charge < -0.3 is 4.74 Å². The Balaban J connectivity index is 1.70. The van der Waals surface area contributed by atoms with Gasteiger partial charge in [-0.25, -0.2) is 8.42 Å². The van der Waals surface area contributed by atoms with Gasteiger partial charge in [-0.3, -0.25) is 14.9 Å². The van der Waals surface area contributed by atoms with Gasteiger partial charge in [0.2, 0.25) is 21.8 Å². The van der Waals surface area contributed by atoms with Crippen LogP contribution >= 0.6 is 0 Å². The number of nitrogens with one attached hydrogen (secondary N) is 2. The number of carbonyl (C=O) groups is 2. The van der Waals surface area contributed by atoms with E-state index in [1.807, 2.05) is 18.2 Å². The number of ether oxygens (including phenoxy) is 1. The SMILES string of the molecule is O=C1CCC(NS(=O)(=O)c2ccc(Oc3ccccc3)cc2)C(=O)N1. The number of piperidine rings is 1. The summed E-state index contributed by atoms with van der Waals surface area (Å²) >= 11 is 0. The third-order valence-corrected chi connectivity index (χ3v) is 5.14. The third-order valence-electron chi connectivity index (χ3n) is 3.65. The van der Waals surface area contributed by atoms with Crippen LogP contribution in [0.2, 0.25) is 0 Å². The van der Waals surface area contributed by atoms with Gasteiger partial charge >= 0.3 is 0 Å². The van der Waals surface area contributed by atoms with E-state index in [9.17, 15) is 18.0 Å². The number of carbonyl (C=O) groups excluding carboxylic acids is 2. The van der Waals surface area contributed by atoms with Crippen LogP contribution < -0.4 is 14.8 Å². The van der Waals surface area contributed by atoms with E-state index in [2.05, 4.69) is 10.0 Å². The zero-order chi connectivity index (χ0) is 17.9. The predicted octanol–water partition coefficient (Wildman–Crippen LogP) is 1.56. The molecule has 0 saturated carbocycles. The number of hydrogen-bond donors (Lipinski definition) is 2. The predicted molar refractivity (Wildman–Crippen MR) is 89.5 cm³/mol. The molecular formula is C17H16N2O5S. The van der Waals surface area contributed by atoms with Gasteiger partial charge in [0, 0.05) is 6.42 Å². The molecule has 2 amide bonds. The van der Waals surface area contributed by atoms with Crippen molar-refractivity contribution >= 4 is 21.8 Å². The lowest BCUT2D eigenvalue weighted by molar-refractivity contribution is -0.134. The zero-order valence-electron chi connectivity index (χ0n) is 13.1. The second kappa shape index (κ2) is 7.04. The van der Waals surface area contributed by atoms with Gasteiger partial charge in [0.1, 0.15) is 17.5 Å². The number of hydrogen-bond acceptors (Lipinski definition) is 5. The first-order valence-electron chi connectivity index (χ1n) is 7.63. The average Bonchev–Trinajstić information content (AvgIpc) is 2.59. The van der Waals surface area contributed by atoms with Gasteiger partial charge in [0.05, 0.1) is 4.90 Å². The maximum absolute atomic E-state index is 12.4. The molecule has 0 bridgehead atoms. The average molecular weight is 360 g/mol. The molecule has 1 heterocycles. The second-order valence-electron chi connectivity index (χ2n) is 5.51. The van der Waals surface area contributed by atoms with E-state index in [0.29, 0.717) is 11.5 Å². The highest BCUT2D eigenvalue weighted by atomic mass is 32.2. The maximum Gasteiger partial charge on any atom is 0.244 e. The number of sulfonamides is 1. The van der Waals surface area contributed by atoms with Gasteiger partial charge in [0.25, 0.3) is 0 Å². The molecule has 8 heteroatoms. The van der Waals surface area contributed by atoms with Crippen LogP contribution in [0, 0.1) is 0 Å². The van der Waals surface area contributed by atoms with Crippen LogP contribution in [0.25, 0.3) is 0 Å². The van der Waals surface area contributed by atoms with E-state index in [4.69, 9.17) is 4.74 Å². The van der Waals surface area contributed by atoms with E-state index >= 15 is 0 Å². The summed E-state index contributed by atoms with van der Waals surface area (Å²) in [6, 6.07) is 14.0. The lowest BCUT2D eigenvalue weighted by atomic mass is 10.1. The summed E-state index contributed by atoms with van der Waals surface area (Å²) in [6.45, 7) is 0. The maximum atomic E-state index is 12.4. The van der Waals surface area contributed by atoms with Crippen molar-refractivity contribution in [3.8, 4) is 11.5 Å². The van der Waals surface area contributed by atoms with Crippen molar-refractivity contribution in [2.45, 2.75) is 23.8 Å². The van der Waals surface area contributed by atoms with Crippen LogP contribution in [-0.4, -0.2) is 26.3 Å². The lowest BCUT2D eigenvalue weighted by Gasteiger charge is -2.21. The molecule has 1 aliphatic heterocycles. The minimum absolute atomic E-state index is 0.0117. The van der Waals surface area contributed by atoms with E-state index in [1.54, 1.807) is 12.1 Å². The molecule has 1 aliphatic rings. The quantitative estimate of drug-likeness (QED) is 0.788. The second-order valence-corrected chi connectivity index (χ2v) is 7.23. The molecule has 2 N–H and O–H groups in total. The summed E-state index contributed by atoms with van der Waals surface area (Å²) in [4.78, 5) is 22.8. The van der Waals surface area contributed by atoms with Crippen molar-refractivity contribution in [2.75, 3.05) is 0 Å². The fourth-order valence-corrected chi connectivity index (χ4v) is 3.60. The Morgan fingerprint density at radius 2 is 1.60 bits per heavy atom. The fourth-order valence-electron chi connectivity index (χ4n) is 2.37. The van der Waals surface area contributed by atoms with Crippen LogP contribution in [0.5, 0.6) is 11.5 Å². The van der Waals surface area contributed by atoms with Crippen molar-refractivity contribution in [3.63, 3.8) is 0 Å². The Morgan fingerprint density at radius 3 is 2.24 bits per heavy atom. The topological polar surface area (TPSA) is 102 Å². The number of imide groups is 1. The molecule has 0 aromatic heterocycles. The monoisotopic (exact) mass is 360 g/mol. The Kier molecular flexibility index (Phi) is 4.82. The molecule has 1 atom stereocenters. The van der Waals surface area contributed by atoms with Gasteiger partial charge in [-0.15, -0.1) is 0 Å². The highest BCUT2D eigenvalue weighted by Gasteiger charge is 2.30. The van der Waals surface area contributed by atoms with Crippen molar-refractivity contribution in [1.29, 1.82) is 0 Å². The molecule has 25 heavy (non-hydrogen) atoms. The van der Waals surface area contributed by atoms with Crippen molar-refractivity contribution in [3.05, 3.63) is 54.6 Å². The lowest BCUT2D eigenvalue weighted by Crippen LogP contribution is -2.52. The molecule has 0 aliphatic carbocycles. The third kappa shape index (κ3) is 4.23. The summed E-state index contributed by atoms with van der Waals surface area (Å²) in [5, 5.41) is 2.12. The van der Waals surface area contributed by atoms with E-state index in [-0.39, 0.29) is 17.7 Å². The van der Waals surface area contributed by atoms with E-state index in [0.717, 1.165) is 0 Å². The molecule has 0 spiro atoms. The molecule has 130 valence electrons. The molecule has 3 rings (SSSR count). The van der Waals surface area contributed by atoms with Crippen LogP contribution in [0.3, 0.4) is 0 Å². The Morgan fingerprint density at radius 1 is 0.960 bits per heavy atom. The van der Waals surface area contributed by atoms with Crippen molar-refractivity contribution in [2.24, 2.45) is 0 Å². The Hall–Kier alpha value is -2.71. The molecule has 1 unspecified atom stereocenters. The smallest absolute Gasteiger partial charge is 0.244 e. The molecular weight excluding hydrogens is 344 g/mol. The normalized spacial score (nSPS) is 17.8. The van der Waals surface area contributed by atoms with Gasteiger partial charge in [0.15, 0.2) is 0 Å². The van der Waals surface area contributed by atoms with Crippen LogP contribution in [0.1, 0.15) is 12.8 Å². The summed E-state index contributed by atoms with van der Waals surface area (Å²) in [5.41, 5.74) is 0. The number of rotatable bonds is 5. The molecule has 2 aromatic carbocycles. The van der Waals surface area contributed by atoms with Gasteiger partial charge in [-0.2, -0.15) is 4.72 Å². The van der Waals surface area contributed by atoms with Crippen LogP contribution in [0.4, 0.5) is 0 Å². The first-order chi connectivity index (χ1) is 11.9. The van der Waals surface area contributed by atoms with Crippen molar-refractivity contribution in [1.82, 2.24) is 10.0 Å². The van der Waals surface area contributed by atoms with E-state index in [1.165, 1.54) is 24.3 Å². The fraction of sp³-hybridized carbons (Fsp3) is 0.176. The molecule has 0 radical (unpaired) electrons. The van der Waals surface area contributed by atoms with Crippen LogP contribution in [0.15, 0.2) is 59.5 Å². The number of benzene rings is 2. The van der Waals surface area contributed by atoms with Gasteiger partial charge in [-0.1, -0.05) is 18.2 Å². The number of amides is 2. The molecule has 1 saturated heterocycles. The Labute approximate surface area is 145 Å². The molecule has 7 nitrogen and oxygen atoms in total. The minimum Gasteiger partial charge on any atom is -0.457 e. The number of para-hydroxylation sites is 1. The van der Waals surface area contributed by atoms with Crippen molar-refractivity contribution < 1.29 is 22.7 Å². The first-order valence-corrected chi connectivity index (χ1v) is 9.11. The minimum atomic E-state index is -3.88. The summed E-state index contributed by atoms with van der Waals surface area (Å²) in [7, 11) is -3.88. The summed E-state index contributed by atoms with van der Waals surface area (Å²) in [6.07, 6.45) is 0.238. The molecule has 1 fully saturated rings. The zero-order valence-corrected chi connectivity index (χ0v) is 14.0. The van der Waals surface area contributed by atoms with Gasteiger partial charge in [-0.05, 0) is 42.8 Å². The highest BCUT2D eigenvalue weighted by Crippen LogP contribution is 2.22. The highest BCUT2D eigenvalue weighted by molar-refractivity contribution is 7.89. The summed E-state index contributed by atoms with van der Waals surface area (Å²) in [5.74, 6) is 0.0950. The Bertz CT molecular complexity index is 879. The largest absolute Gasteiger partial charge is 0.457 e. The van der Waals surface area contributed by atoms with E-state index < -0.39 is 27.9 Å². The summed E-state index contributed by atoms with van der Waals surface area (Å²) < 4.78 is 32.7. The molecule has 2 aromatic rings.